The summed E-state index contributed by atoms with van der Waals surface area (Å²) in [6.07, 6.45) is 0.914. The molecule has 0 unspecified atom stereocenters. The first kappa shape index (κ1) is 26.0. The van der Waals surface area contributed by atoms with E-state index in [4.69, 9.17) is 11.6 Å². The standard InChI is InChI=1S/C22H25ClN4O3S.ClH/c1-4-15-7-10-19-20(13-15)31-22(24-19)26(12-11-25(5-2)6-3)21(28)17-14-16(27(29)30)8-9-18(17)23;/h7-10,13-14H,4-6,11-12H2,1-3H3;1H. The normalized spacial score (nSPS) is 10.9. The Bertz CT molecular complexity index is 1100. The van der Waals surface area contributed by atoms with Gasteiger partial charge in [0.15, 0.2) is 5.13 Å². The molecule has 32 heavy (non-hydrogen) atoms. The number of fused-ring (bicyclic) bond motifs is 1. The van der Waals surface area contributed by atoms with Crippen LogP contribution < -0.4 is 4.90 Å². The Morgan fingerprint density at radius 2 is 1.84 bits per heavy atom. The first-order chi connectivity index (χ1) is 14.9. The number of carbonyl (C=O) groups excluding carboxylic acids is 1. The minimum atomic E-state index is -0.530. The van der Waals surface area contributed by atoms with Crippen molar-refractivity contribution in [1.29, 1.82) is 0 Å². The Balaban J connectivity index is 0.00000363. The van der Waals surface area contributed by atoms with E-state index in [0.29, 0.717) is 18.2 Å². The van der Waals surface area contributed by atoms with E-state index in [1.165, 1.54) is 35.1 Å². The molecule has 0 aliphatic heterocycles. The molecule has 3 aromatic rings. The summed E-state index contributed by atoms with van der Waals surface area (Å²) >= 11 is 7.70. The summed E-state index contributed by atoms with van der Waals surface area (Å²) in [5, 5.41) is 12.0. The molecule has 0 atom stereocenters. The molecule has 0 bridgehead atoms. The maximum Gasteiger partial charge on any atom is 0.270 e. The number of benzene rings is 2. The van der Waals surface area contributed by atoms with E-state index >= 15 is 0 Å². The van der Waals surface area contributed by atoms with Crippen molar-refractivity contribution in [2.24, 2.45) is 0 Å². The van der Waals surface area contributed by atoms with Gasteiger partial charge in [0.05, 0.1) is 25.7 Å². The molecule has 0 spiro atoms. The van der Waals surface area contributed by atoms with Crippen LogP contribution in [0.1, 0.15) is 36.7 Å². The highest BCUT2D eigenvalue weighted by atomic mass is 35.5. The molecule has 3 rings (SSSR count). The summed E-state index contributed by atoms with van der Waals surface area (Å²) in [4.78, 5) is 32.7. The van der Waals surface area contributed by atoms with E-state index in [9.17, 15) is 14.9 Å². The van der Waals surface area contributed by atoms with Gasteiger partial charge in [-0.2, -0.15) is 0 Å². The lowest BCUT2D eigenvalue weighted by molar-refractivity contribution is -0.384. The van der Waals surface area contributed by atoms with Crippen molar-refractivity contribution in [3.05, 3.63) is 62.7 Å². The number of rotatable bonds is 9. The van der Waals surface area contributed by atoms with Crippen LogP contribution in [0.2, 0.25) is 5.02 Å². The molecule has 0 saturated carbocycles. The zero-order chi connectivity index (χ0) is 22.5. The highest BCUT2D eigenvalue weighted by molar-refractivity contribution is 7.22. The van der Waals surface area contributed by atoms with E-state index in [-0.39, 0.29) is 28.7 Å². The van der Waals surface area contributed by atoms with E-state index in [2.05, 4.69) is 36.7 Å². The van der Waals surface area contributed by atoms with Crippen LogP contribution in [0.3, 0.4) is 0 Å². The van der Waals surface area contributed by atoms with Crippen molar-refractivity contribution in [3.8, 4) is 0 Å². The van der Waals surface area contributed by atoms with E-state index in [1.54, 1.807) is 4.90 Å². The van der Waals surface area contributed by atoms with Crippen LogP contribution in [0.4, 0.5) is 10.8 Å². The SMILES string of the molecule is CCc1ccc2nc(N(CCN(CC)CC)C(=O)c3cc([N+](=O)[O-])ccc3Cl)sc2c1.Cl. The molecule has 0 fully saturated rings. The maximum atomic E-state index is 13.5. The van der Waals surface area contributed by atoms with Crippen molar-refractivity contribution in [2.45, 2.75) is 27.2 Å². The summed E-state index contributed by atoms with van der Waals surface area (Å²) in [7, 11) is 0. The maximum absolute atomic E-state index is 13.5. The van der Waals surface area contributed by atoms with Crippen LogP contribution in [0.5, 0.6) is 0 Å². The van der Waals surface area contributed by atoms with Crippen LogP contribution in [0, 0.1) is 10.1 Å². The summed E-state index contributed by atoms with van der Waals surface area (Å²) in [6, 6.07) is 10.00. The van der Waals surface area contributed by atoms with Crippen LogP contribution in [-0.4, -0.2) is 46.9 Å². The van der Waals surface area contributed by atoms with Crippen molar-refractivity contribution >= 4 is 62.3 Å². The molecular formula is C22H26Cl2N4O3S. The second kappa shape index (κ2) is 11.6. The van der Waals surface area contributed by atoms with Gasteiger partial charge in [-0.3, -0.25) is 19.8 Å². The Morgan fingerprint density at radius 3 is 2.47 bits per heavy atom. The van der Waals surface area contributed by atoms with Gasteiger partial charge < -0.3 is 4.90 Å². The Hall–Kier alpha value is -2.26. The third kappa shape index (κ3) is 5.75. The van der Waals surface area contributed by atoms with Crippen LogP contribution >= 0.6 is 35.3 Å². The fourth-order valence-corrected chi connectivity index (χ4v) is 4.55. The molecule has 1 heterocycles. The van der Waals surface area contributed by atoms with Gasteiger partial charge in [0.2, 0.25) is 0 Å². The van der Waals surface area contributed by atoms with Crippen molar-refractivity contribution in [2.75, 3.05) is 31.1 Å². The lowest BCUT2D eigenvalue weighted by atomic mass is 10.1. The molecule has 7 nitrogen and oxygen atoms in total. The van der Waals surface area contributed by atoms with Gasteiger partial charge in [-0.05, 0) is 43.3 Å². The van der Waals surface area contributed by atoms with E-state index in [1.807, 2.05) is 12.1 Å². The van der Waals surface area contributed by atoms with Crippen LogP contribution in [0.15, 0.2) is 36.4 Å². The average molecular weight is 497 g/mol. The second-order valence-corrected chi connectivity index (χ2v) is 8.47. The van der Waals surface area contributed by atoms with Gasteiger partial charge in [0, 0.05) is 25.2 Å². The zero-order valence-electron chi connectivity index (χ0n) is 18.2. The van der Waals surface area contributed by atoms with E-state index < -0.39 is 10.8 Å². The molecule has 0 saturated heterocycles. The third-order valence-corrected chi connectivity index (χ3v) is 6.62. The van der Waals surface area contributed by atoms with Gasteiger partial charge >= 0.3 is 0 Å². The first-order valence-corrected chi connectivity index (χ1v) is 11.4. The van der Waals surface area contributed by atoms with Gasteiger partial charge in [0.1, 0.15) is 0 Å². The molecule has 172 valence electrons. The van der Waals surface area contributed by atoms with Crippen molar-refractivity contribution < 1.29 is 9.72 Å². The zero-order valence-corrected chi connectivity index (χ0v) is 20.6. The molecule has 0 N–H and O–H groups in total. The number of carbonyl (C=O) groups is 1. The lowest BCUT2D eigenvalue weighted by Gasteiger charge is -2.25. The lowest BCUT2D eigenvalue weighted by Crippen LogP contribution is -2.39. The van der Waals surface area contributed by atoms with Gasteiger partial charge in [-0.15, -0.1) is 12.4 Å². The third-order valence-electron chi connectivity index (χ3n) is 5.25. The minimum absolute atomic E-state index is 0. The number of amides is 1. The van der Waals surface area contributed by atoms with Crippen LogP contribution in [-0.2, 0) is 6.42 Å². The monoisotopic (exact) mass is 496 g/mol. The average Bonchev–Trinajstić information content (AvgIpc) is 3.19. The fraction of sp³-hybridized carbons (Fsp3) is 0.364. The van der Waals surface area contributed by atoms with Gasteiger partial charge in [-0.25, -0.2) is 4.98 Å². The number of likely N-dealkylation sites (N-methyl/N-ethyl adjacent to an activating group) is 1. The Labute approximate surface area is 202 Å². The molecule has 0 aliphatic rings. The number of nitrogens with zero attached hydrogens (tertiary/aromatic N) is 4. The predicted molar refractivity (Wildman–Crippen MR) is 134 cm³/mol. The van der Waals surface area contributed by atoms with E-state index in [0.717, 1.165) is 29.7 Å². The topological polar surface area (TPSA) is 79.6 Å². The predicted octanol–water partition coefficient (Wildman–Crippen LogP) is 5.83. The number of thiazole rings is 1. The quantitative estimate of drug-likeness (QED) is 0.275. The molecule has 0 radical (unpaired) electrons. The number of nitro groups is 1. The van der Waals surface area contributed by atoms with Crippen molar-refractivity contribution in [3.63, 3.8) is 0 Å². The summed E-state index contributed by atoms with van der Waals surface area (Å²) in [5.41, 5.74) is 1.95. The molecule has 10 heteroatoms. The fourth-order valence-electron chi connectivity index (χ4n) is 3.29. The number of anilines is 1. The number of non-ortho nitro benzene ring substituents is 1. The van der Waals surface area contributed by atoms with Crippen LogP contribution in [0.25, 0.3) is 10.2 Å². The Kier molecular flexibility index (Phi) is 9.39. The summed E-state index contributed by atoms with van der Waals surface area (Å²) in [5.74, 6) is -0.393. The molecule has 1 aromatic heterocycles. The number of aryl methyl sites for hydroxylation is 1. The number of hydrogen-bond donors (Lipinski definition) is 0. The molecule has 2 aromatic carbocycles. The minimum Gasteiger partial charge on any atom is -0.302 e. The largest absolute Gasteiger partial charge is 0.302 e. The molecule has 0 aliphatic carbocycles. The van der Waals surface area contributed by atoms with Gasteiger partial charge in [-0.1, -0.05) is 49.8 Å². The number of halogens is 2. The van der Waals surface area contributed by atoms with Gasteiger partial charge in [0.25, 0.3) is 11.6 Å². The smallest absolute Gasteiger partial charge is 0.270 e. The number of aromatic nitrogens is 1. The highest BCUT2D eigenvalue weighted by Gasteiger charge is 2.25. The Morgan fingerprint density at radius 1 is 1.12 bits per heavy atom. The van der Waals surface area contributed by atoms with Crippen molar-refractivity contribution in [1.82, 2.24) is 9.88 Å². The summed E-state index contributed by atoms with van der Waals surface area (Å²) < 4.78 is 1.00. The highest BCUT2D eigenvalue weighted by Crippen LogP contribution is 2.32. The number of nitro benzene ring substituents is 1. The second-order valence-electron chi connectivity index (χ2n) is 7.06. The first-order valence-electron chi connectivity index (χ1n) is 10.3. The molecule has 1 amide bonds. The molecular weight excluding hydrogens is 471 g/mol. The summed E-state index contributed by atoms with van der Waals surface area (Å²) in [6.45, 7) is 8.99. The number of hydrogen-bond acceptors (Lipinski definition) is 6.